The van der Waals surface area contributed by atoms with Crippen LogP contribution in [0.25, 0.3) is 77.5 Å². The van der Waals surface area contributed by atoms with Gasteiger partial charge in [0.2, 0.25) is 0 Å². The fraction of sp³-hybridized carbons (Fsp3) is 0.203. The summed E-state index contributed by atoms with van der Waals surface area (Å²) in [5, 5.41) is 4.72. The van der Waals surface area contributed by atoms with Crippen molar-refractivity contribution >= 4 is 54.6 Å². The number of fused-ring (bicyclic) bond motifs is 7. The van der Waals surface area contributed by atoms with Gasteiger partial charge in [-0.3, -0.25) is 18.7 Å². The van der Waals surface area contributed by atoms with Crippen molar-refractivity contribution in [1.82, 2.24) is 23.7 Å². The summed E-state index contributed by atoms with van der Waals surface area (Å²) in [6.45, 7) is 20.4. The molecule has 0 unspecified atom stereocenters. The van der Waals surface area contributed by atoms with Gasteiger partial charge in [-0.2, -0.15) is 0 Å². The van der Waals surface area contributed by atoms with Gasteiger partial charge in [-0.05, 0) is 99.7 Å². The predicted molar refractivity (Wildman–Crippen MR) is 271 cm³/mol. The highest BCUT2D eigenvalue weighted by Crippen LogP contribution is 2.39. The molecule has 0 aliphatic heterocycles. The number of nitrogens with zero attached hydrogens (tertiary/aromatic N) is 6. The van der Waals surface area contributed by atoms with Crippen LogP contribution in [0.4, 0.5) is 0 Å². The van der Waals surface area contributed by atoms with E-state index in [9.17, 15) is 0 Å². The first-order chi connectivity index (χ1) is 31.6. The van der Waals surface area contributed by atoms with Crippen molar-refractivity contribution in [3.8, 4) is 34.4 Å². The molecule has 0 aliphatic carbocycles. The third kappa shape index (κ3) is 7.01. The average Bonchev–Trinajstić information content (AvgIpc) is 3.96. The van der Waals surface area contributed by atoms with Crippen LogP contribution < -0.4 is 9.30 Å². The van der Waals surface area contributed by atoms with Crippen LogP contribution in [0.5, 0.6) is 11.5 Å². The van der Waals surface area contributed by atoms with E-state index in [1.807, 2.05) is 18.5 Å². The number of para-hydroxylation sites is 4. The van der Waals surface area contributed by atoms with E-state index >= 15 is 0 Å². The van der Waals surface area contributed by atoms with Gasteiger partial charge in [-0.15, -0.1) is 0 Å². The van der Waals surface area contributed by atoms with Crippen LogP contribution in [-0.4, -0.2) is 23.7 Å². The fourth-order valence-corrected chi connectivity index (χ4v) is 9.42. The lowest BCUT2D eigenvalue weighted by Crippen LogP contribution is -2.31. The minimum absolute atomic E-state index is 0.0225. The fourth-order valence-electron chi connectivity index (χ4n) is 9.42. The van der Waals surface area contributed by atoms with Crippen LogP contribution in [0.2, 0.25) is 0 Å². The number of hydrogen-bond donors (Lipinski definition) is 0. The average molecular weight is 863 g/mol. The topological polar surface area (TPSA) is 53.7 Å². The molecule has 5 heterocycles. The van der Waals surface area contributed by atoms with E-state index < -0.39 is 0 Å². The van der Waals surface area contributed by atoms with E-state index in [0.717, 1.165) is 55.7 Å². The summed E-state index contributed by atoms with van der Waals surface area (Å²) in [5.41, 5.74) is 13.2. The number of rotatable bonds is 6. The highest BCUT2D eigenvalue weighted by Gasteiger charge is 2.24. The van der Waals surface area contributed by atoms with Gasteiger partial charge in [-0.25, -0.2) is 4.98 Å². The summed E-state index contributed by atoms with van der Waals surface area (Å²) in [4.78, 5) is 9.74. The smallest absolute Gasteiger partial charge is 0.269 e. The monoisotopic (exact) mass is 862 g/mol. The maximum atomic E-state index is 6.77. The Kier molecular flexibility index (Phi) is 9.38. The zero-order valence-electron chi connectivity index (χ0n) is 39.2. The molecule has 0 bridgehead atoms. The SMILES string of the molecule is CC(C)(C)c1cc(-[n+]2[c-]n(-c3cncc(Oc4ccc5c6ccc(-n7c8ccccc8c8ccccc87)cc6n(-c6cc(C(C)(C)C)ccn6)c5c4)c3)c3ccccc32)cc(C(C)(C)C)c1. The van der Waals surface area contributed by atoms with Gasteiger partial charge in [0, 0.05) is 45.7 Å². The molecule has 11 aromatic rings. The standard InChI is InChI=1S/C59H54N6O/c1-57(2,3)38-26-27-61-56(31-38)65-54-33-41(64-50-18-12-10-16-46(50)47-17-11-13-19-51(47)64)22-24-48(54)49-25-23-44(34-55(49)65)66-45-32-43(35-60-36-45)63-37-62(52-20-14-15-21-53(52)63)42-29-39(58(4,5)6)28-40(30-42)59(7,8)9/h10-36H,1-9H3. The van der Waals surface area contributed by atoms with Crippen LogP contribution in [0, 0.1) is 6.33 Å². The van der Waals surface area contributed by atoms with Crippen LogP contribution in [0.1, 0.15) is 79.0 Å². The Balaban J connectivity index is 1.03. The highest BCUT2D eigenvalue weighted by atomic mass is 16.5. The number of benzene rings is 6. The van der Waals surface area contributed by atoms with Gasteiger partial charge in [0.05, 0.1) is 50.7 Å². The molecule has 0 saturated heterocycles. The molecular formula is C59H54N6O. The largest absolute Gasteiger partial charge is 0.456 e. The molecule has 0 N–H and O–H groups in total. The van der Waals surface area contributed by atoms with E-state index in [4.69, 9.17) is 14.7 Å². The quantitative estimate of drug-likeness (QED) is 0.124. The van der Waals surface area contributed by atoms with Crippen molar-refractivity contribution < 1.29 is 9.30 Å². The number of imidazole rings is 1. The number of pyridine rings is 2. The van der Waals surface area contributed by atoms with Crippen molar-refractivity contribution in [1.29, 1.82) is 0 Å². The Morgan fingerprint density at radius 2 is 1.06 bits per heavy atom. The van der Waals surface area contributed by atoms with E-state index in [2.05, 4.69) is 226 Å². The highest BCUT2D eigenvalue weighted by molar-refractivity contribution is 6.12. The molecule has 326 valence electrons. The molecule has 0 radical (unpaired) electrons. The normalized spacial score (nSPS) is 12.6. The predicted octanol–water partition coefficient (Wildman–Crippen LogP) is 14.4. The van der Waals surface area contributed by atoms with Gasteiger partial charge in [0.25, 0.3) is 6.33 Å². The molecule has 7 nitrogen and oxygen atoms in total. The summed E-state index contributed by atoms with van der Waals surface area (Å²) in [6, 6.07) is 52.3. The van der Waals surface area contributed by atoms with Crippen molar-refractivity contribution in [2.75, 3.05) is 0 Å². The Morgan fingerprint density at radius 3 is 1.73 bits per heavy atom. The van der Waals surface area contributed by atoms with Gasteiger partial charge in [0.15, 0.2) is 0 Å². The molecule has 6 aromatic carbocycles. The molecule has 0 fully saturated rings. The summed E-state index contributed by atoms with van der Waals surface area (Å²) in [5.74, 6) is 2.18. The summed E-state index contributed by atoms with van der Waals surface area (Å²) in [6.07, 6.45) is 9.29. The third-order valence-electron chi connectivity index (χ3n) is 13.1. The van der Waals surface area contributed by atoms with E-state index in [1.165, 1.54) is 38.5 Å². The summed E-state index contributed by atoms with van der Waals surface area (Å²) >= 11 is 0. The first-order valence-corrected chi connectivity index (χ1v) is 22.9. The zero-order chi connectivity index (χ0) is 45.7. The second-order valence-electron chi connectivity index (χ2n) is 20.7. The lowest BCUT2D eigenvalue weighted by molar-refractivity contribution is -0.572. The Hall–Kier alpha value is -7.51. The first-order valence-electron chi connectivity index (χ1n) is 22.9. The molecule has 0 amide bonds. The third-order valence-corrected chi connectivity index (χ3v) is 13.1. The van der Waals surface area contributed by atoms with Crippen LogP contribution in [0.15, 0.2) is 164 Å². The number of ether oxygens (including phenoxy) is 1. The van der Waals surface area contributed by atoms with Crippen LogP contribution in [-0.2, 0) is 16.2 Å². The van der Waals surface area contributed by atoms with Gasteiger partial charge in [0.1, 0.15) is 17.3 Å². The summed E-state index contributed by atoms with van der Waals surface area (Å²) in [7, 11) is 0. The molecule has 0 aliphatic rings. The Labute approximate surface area is 386 Å². The lowest BCUT2D eigenvalue weighted by Gasteiger charge is -2.26. The van der Waals surface area contributed by atoms with Crippen LogP contribution >= 0.6 is 0 Å². The van der Waals surface area contributed by atoms with Gasteiger partial charge in [-0.1, -0.05) is 135 Å². The number of hydrogen-bond acceptors (Lipinski definition) is 3. The van der Waals surface area contributed by atoms with Gasteiger partial charge < -0.3 is 9.30 Å². The second kappa shape index (κ2) is 15.0. The first kappa shape index (κ1) is 41.2. The molecule has 0 saturated carbocycles. The number of aromatic nitrogens is 6. The maximum Gasteiger partial charge on any atom is 0.269 e. The van der Waals surface area contributed by atoms with E-state index in [0.29, 0.717) is 11.5 Å². The molecule has 0 atom stereocenters. The lowest BCUT2D eigenvalue weighted by atomic mass is 9.80. The molecule has 7 heteroatoms. The van der Waals surface area contributed by atoms with Crippen molar-refractivity contribution in [2.45, 2.75) is 78.6 Å². The molecule has 66 heavy (non-hydrogen) atoms. The summed E-state index contributed by atoms with van der Waals surface area (Å²) < 4.78 is 15.7. The van der Waals surface area contributed by atoms with Crippen molar-refractivity contribution in [3.63, 3.8) is 0 Å². The van der Waals surface area contributed by atoms with Crippen LogP contribution in [0.3, 0.4) is 0 Å². The second-order valence-corrected chi connectivity index (χ2v) is 20.7. The zero-order valence-corrected chi connectivity index (χ0v) is 39.2. The minimum Gasteiger partial charge on any atom is -0.456 e. The molecular weight excluding hydrogens is 809 g/mol. The van der Waals surface area contributed by atoms with E-state index in [1.54, 1.807) is 6.20 Å². The van der Waals surface area contributed by atoms with Crippen molar-refractivity contribution in [2.24, 2.45) is 0 Å². The minimum atomic E-state index is -0.0650. The van der Waals surface area contributed by atoms with Gasteiger partial charge >= 0.3 is 0 Å². The van der Waals surface area contributed by atoms with Crippen molar-refractivity contribution in [3.05, 3.63) is 187 Å². The molecule has 5 aromatic heterocycles. The maximum absolute atomic E-state index is 6.77. The molecule has 11 rings (SSSR count). The molecule has 0 spiro atoms. The van der Waals surface area contributed by atoms with E-state index in [-0.39, 0.29) is 16.2 Å². The Bertz CT molecular complexity index is 3610. The Morgan fingerprint density at radius 1 is 0.470 bits per heavy atom.